The van der Waals surface area contributed by atoms with Crippen LogP contribution in [-0.4, -0.2) is 45.7 Å². The molecule has 0 spiro atoms. The van der Waals surface area contributed by atoms with Gasteiger partial charge >= 0.3 is 0 Å². The van der Waals surface area contributed by atoms with Gasteiger partial charge < -0.3 is 14.6 Å². The first-order valence-electron chi connectivity index (χ1n) is 9.52. The third-order valence-electron chi connectivity index (χ3n) is 5.40. The molecule has 2 aromatic rings. The number of carbonyl (C=O) groups excluding carboxylic acids is 2. The molecular weight excluding hydrogens is 364 g/mol. The van der Waals surface area contributed by atoms with Crippen LogP contribution in [0.15, 0.2) is 11.4 Å². The highest BCUT2D eigenvalue weighted by molar-refractivity contribution is 7.12. The lowest BCUT2D eigenvalue weighted by Gasteiger charge is -2.22. The summed E-state index contributed by atoms with van der Waals surface area (Å²) in [6.45, 7) is 3.91. The number of carbonyl (C=O) groups is 2. The molecule has 1 atom stereocenters. The monoisotopic (exact) mass is 388 g/mol. The van der Waals surface area contributed by atoms with E-state index >= 15 is 0 Å². The second-order valence-corrected chi connectivity index (χ2v) is 8.18. The summed E-state index contributed by atoms with van der Waals surface area (Å²) in [5.74, 6) is 2.40. The molecule has 8 heteroatoms. The van der Waals surface area contributed by atoms with Crippen molar-refractivity contribution in [3.8, 4) is 0 Å². The van der Waals surface area contributed by atoms with Gasteiger partial charge in [0.2, 0.25) is 0 Å². The minimum absolute atomic E-state index is 0.00733. The number of rotatable bonds is 4. The van der Waals surface area contributed by atoms with Crippen molar-refractivity contribution >= 4 is 23.0 Å². The van der Waals surface area contributed by atoms with E-state index in [1.165, 1.54) is 18.3 Å². The highest BCUT2D eigenvalue weighted by Gasteiger charge is 2.27. The number of hydrogen-bond acceptors (Lipinski definition) is 6. The van der Waals surface area contributed by atoms with Crippen LogP contribution >= 0.6 is 11.3 Å². The minimum atomic E-state index is -0.105. The van der Waals surface area contributed by atoms with Crippen LogP contribution in [-0.2, 0) is 17.7 Å². The maximum Gasteiger partial charge on any atom is 0.252 e. The first-order chi connectivity index (χ1) is 13.1. The second-order valence-electron chi connectivity index (χ2n) is 7.27. The Hall–Kier alpha value is -2.06. The molecule has 0 radical (unpaired) electrons. The largest absolute Gasteiger partial charge is 0.381 e. The number of aromatic nitrogens is 3. The van der Waals surface area contributed by atoms with Crippen LogP contribution in [0.4, 0.5) is 0 Å². The van der Waals surface area contributed by atoms with E-state index in [0.29, 0.717) is 16.4 Å². The zero-order valence-corrected chi connectivity index (χ0v) is 16.3. The Kier molecular flexibility index (Phi) is 5.36. The Morgan fingerprint density at radius 2 is 2.04 bits per heavy atom. The van der Waals surface area contributed by atoms with Crippen molar-refractivity contribution in [3.63, 3.8) is 0 Å². The summed E-state index contributed by atoms with van der Waals surface area (Å²) in [5.41, 5.74) is 0.566. The topological polar surface area (TPSA) is 86.1 Å². The van der Waals surface area contributed by atoms with Gasteiger partial charge in [-0.1, -0.05) is 0 Å². The van der Waals surface area contributed by atoms with E-state index in [1.54, 1.807) is 11.4 Å². The number of thiophene rings is 1. The molecule has 1 saturated heterocycles. The number of fused-ring (bicyclic) bond motifs is 1. The molecular formula is C19H24N4O3S. The van der Waals surface area contributed by atoms with E-state index in [0.717, 1.165) is 63.5 Å². The van der Waals surface area contributed by atoms with E-state index in [4.69, 9.17) is 4.74 Å². The smallest absolute Gasteiger partial charge is 0.252 e. The van der Waals surface area contributed by atoms with E-state index < -0.39 is 0 Å². The van der Waals surface area contributed by atoms with E-state index in [1.807, 2.05) is 0 Å². The van der Waals surface area contributed by atoms with Crippen molar-refractivity contribution in [2.75, 3.05) is 13.2 Å². The van der Waals surface area contributed by atoms with Gasteiger partial charge in [-0.3, -0.25) is 9.59 Å². The average molecular weight is 388 g/mol. The second kappa shape index (κ2) is 7.90. The van der Waals surface area contributed by atoms with Gasteiger partial charge in [0.05, 0.1) is 10.4 Å². The summed E-state index contributed by atoms with van der Waals surface area (Å²) in [4.78, 5) is 24.6. The van der Waals surface area contributed by atoms with Crippen molar-refractivity contribution < 1.29 is 14.3 Å². The summed E-state index contributed by atoms with van der Waals surface area (Å²) >= 11 is 1.32. The van der Waals surface area contributed by atoms with Gasteiger partial charge in [-0.2, -0.15) is 0 Å². The highest BCUT2D eigenvalue weighted by Crippen LogP contribution is 2.28. The Morgan fingerprint density at radius 1 is 1.22 bits per heavy atom. The van der Waals surface area contributed by atoms with Crippen molar-refractivity contribution in [2.45, 2.75) is 57.5 Å². The van der Waals surface area contributed by atoms with E-state index in [2.05, 4.69) is 20.1 Å². The van der Waals surface area contributed by atoms with Crippen LogP contribution in [0.2, 0.25) is 0 Å². The predicted octanol–water partition coefficient (Wildman–Crippen LogP) is 2.57. The fourth-order valence-electron chi connectivity index (χ4n) is 3.82. The molecule has 2 aliphatic rings. The molecule has 144 valence electrons. The Morgan fingerprint density at radius 3 is 2.78 bits per heavy atom. The van der Waals surface area contributed by atoms with Crippen molar-refractivity contribution in [2.24, 2.45) is 0 Å². The fraction of sp³-hybridized carbons (Fsp3) is 0.579. The molecule has 2 aliphatic heterocycles. The molecule has 0 aromatic carbocycles. The SMILES string of the molecule is CC(=O)c1cc(C(=O)NC2CCc3nnc(C4CCOCC4)n3CC2)cs1. The molecule has 1 fully saturated rings. The lowest BCUT2D eigenvalue weighted by atomic mass is 9.99. The molecule has 4 rings (SSSR count). The minimum Gasteiger partial charge on any atom is -0.381 e. The van der Waals surface area contributed by atoms with Crippen LogP contribution in [0.3, 0.4) is 0 Å². The number of aryl methyl sites for hydroxylation is 1. The number of Topliss-reactive ketones (excluding diaryl/α,β-unsaturated/α-hetero) is 1. The molecule has 4 heterocycles. The quantitative estimate of drug-likeness (QED) is 0.814. The first-order valence-corrected chi connectivity index (χ1v) is 10.4. The van der Waals surface area contributed by atoms with Gasteiger partial charge in [0, 0.05) is 43.5 Å². The molecule has 7 nitrogen and oxygen atoms in total. The van der Waals surface area contributed by atoms with Gasteiger partial charge in [0.1, 0.15) is 11.6 Å². The zero-order chi connectivity index (χ0) is 18.8. The number of hydrogen-bond donors (Lipinski definition) is 1. The normalized spacial score (nSPS) is 20.7. The van der Waals surface area contributed by atoms with Gasteiger partial charge in [0.25, 0.3) is 5.91 Å². The average Bonchev–Trinajstić information content (AvgIpc) is 3.28. The molecule has 0 saturated carbocycles. The fourth-order valence-corrected chi connectivity index (χ4v) is 4.61. The first kappa shape index (κ1) is 18.3. The Labute approximate surface area is 162 Å². The number of nitrogens with one attached hydrogen (secondary N) is 1. The van der Waals surface area contributed by atoms with Gasteiger partial charge in [-0.05, 0) is 38.7 Å². The number of nitrogens with zero attached hydrogens (tertiary/aromatic N) is 3. The lowest BCUT2D eigenvalue weighted by molar-refractivity contribution is 0.0826. The zero-order valence-electron chi connectivity index (χ0n) is 15.4. The van der Waals surface area contributed by atoms with E-state index in [9.17, 15) is 9.59 Å². The molecule has 2 aromatic heterocycles. The summed E-state index contributed by atoms with van der Waals surface area (Å²) in [7, 11) is 0. The summed E-state index contributed by atoms with van der Waals surface area (Å²) in [6.07, 6.45) is 4.51. The summed E-state index contributed by atoms with van der Waals surface area (Å²) < 4.78 is 7.71. The van der Waals surface area contributed by atoms with Crippen LogP contribution in [0.1, 0.15) is 70.2 Å². The number of amides is 1. The van der Waals surface area contributed by atoms with Crippen LogP contribution in [0.25, 0.3) is 0 Å². The molecule has 0 bridgehead atoms. The summed E-state index contributed by atoms with van der Waals surface area (Å²) in [5, 5.41) is 13.7. The van der Waals surface area contributed by atoms with Crippen molar-refractivity contribution in [1.82, 2.24) is 20.1 Å². The molecule has 1 amide bonds. The third-order valence-corrected chi connectivity index (χ3v) is 6.43. The van der Waals surface area contributed by atoms with Crippen molar-refractivity contribution in [1.29, 1.82) is 0 Å². The Bertz CT molecular complexity index is 838. The van der Waals surface area contributed by atoms with Crippen molar-refractivity contribution in [3.05, 3.63) is 33.5 Å². The lowest BCUT2D eigenvalue weighted by Crippen LogP contribution is -2.35. The maximum atomic E-state index is 12.5. The van der Waals surface area contributed by atoms with Gasteiger partial charge in [-0.15, -0.1) is 21.5 Å². The maximum absolute atomic E-state index is 12.5. The van der Waals surface area contributed by atoms with Crippen LogP contribution in [0.5, 0.6) is 0 Å². The molecule has 0 aliphatic carbocycles. The molecule has 1 N–H and O–H groups in total. The molecule has 1 unspecified atom stereocenters. The Balaban J connectivity index is 1.40. The van der Waals surface area contributed by atoms with E-state index in [-0.39, 0.29) is 17.7 Å². The predicted molar refractivity (Wildman–Crippen MR) is 101 cm³/mol. The molecule has 27 heavy (non-hydrogen) atoms. The van der Waals surface area contributed by atoms with Crippen LogP contribution in [0, 0.1) is 0 Å². The third kappa shape index (κ3) is 3.96. The van der Waals surface area contributed by atoms with Crippen LogP contribution < -0.4 is 5.32 Å². The van der Waals surface area contributed by atoms with Gasteiger partial charge in [0.15, 0.2) is 5.78 Å². The van der Waals surface area contributed by atoms with Gasteiger partial charge in [-0.25, -0.2) is 0 Å². The number of ketones is 1. The standard InChI is InChI=1S/C19H24N4O3S/c1-12(24)16-10-14(11-27-16)19(25)20-15-2-3-17-21-22-18(23(17)7-4-15)13-5-8-26-9-6-13/h10-11,13,15H,2-9H2,1H3,(H,20,25). The highest BCUT2D eigenvalue weighted by atomic mass is 32.1. The number of ether oxygens (including phenoxy) is 1. The summed E-state index contributed by atoms with van der Waals surface area (Å²) in [6, 6.07) is 1.78.